The lowest BCUT2D eigenvalue weighted by Crippen LogP contribution is -2.37. The number of benzene rings is 2. The molecule has 2 fully saturated rings. The molecule has 0 radical (unpaired) electrons. The first-order valence-electron chi connectivity index (χ1n) is 10.6. The van der Waals surface area contributed by atoms with Gasteiger partial charge in [0, 0.05) is 54.9 Å². The highest BCUT2D eigenvalue weighted by Crippen LogP contribution is 2.42. The maximum atomic E-state index is 13.4. The SMILES string of the molecule is O=C1N(Cc2c[nH]c3ccccc23)CCC12CCN(c1ncc3cc(F)ccc3n1)C2. The average molecular weight is 415 g/mol. The first kappa shape index (κ1) is 18.3. The summed E-state index contributed by atoms with van der Waals surface area (Å²) in [6, 6.07) is 12.7. The second-order valence-corrected chi connectivity index (χ2v) is 8.66. The van der Waals surface area contributed by atoms with Crippen molar-refractivity contribution in [1.29, 1.82) is 0 Å². The Hall–Kier alpha value is -3.48. The van der Waals surface area contributed by atoms with Crippen molar-refractivity contribution in [3.05, 3.63) is 66.2 Å². The lowest BCUT2D eigenvalue weighted by atomic mass is 9.85. The molecule has 2 saturated heterocycles. The highest BCUT2D eigenvalue weighted by molar-refractivity contribution is 5.88. The second kappa shape index (κ2) is 6.77. The monoisotopic (exact) mass is 415 g/mol. The molecule has 1 spiro atoms. The summed E-state index contributed by atoms with van der Waals surface area (Å²) in [6.07, 6.45) is 5.33. The molecule has 0 bridgehead atoms. The number of rotatable bonds is 3. The summed E-state index contributed by atoms with van der Waals surface area (Å²) in [4.78, 5) is 29.9. The molecule has 0 saturated carbocycles. The van der Waals surface area contributed by atoms with Crippen LogP contribution in [-0.2, 0) is 11.3 Å². The van der Waals surface area contributed by atoms with Crippen molar-refractivity contribution in [2.24, 2.45) is 5.41 Å². The topological polar surface area (TPSA) is 65.1 Å². The molecule has 1 N–H and O–H groups in total. The molecule has 2 aliphatic rings. The minimum Gasteiger partial charge on any atom is -0.361 e. The Morgan fingerprint density at radius 1 is 1.13 bits per heavy atom. The zero-order valence-electron chi connectivity index (χ0n) is 17.0. The van der Waals surface area contributed by atoms with Crippen molar-refractivity contribution in [1.82, 2.24) is 19.9 Å². The number of nitrogens with zero attached hydrogens (tertiary/aromatic N) is 4. The number of para-hydroxylation sites is 1. The maximum absolute atomic E-state index is 13.4. The minimum atomic E-state index is -0.368. The van der Waals surface area contributed by atoms with E-state index in [1.807, 2.05) is 23.2 Å². The van der Waals surface area contributed by atoms with Crippen LogP contribution in [0.5, 0.6) is 0 Å². The smallest absolute Gasteiger partial charge is 0.231 e. The summed E-state index contributed by atoms with van der Waals surface area (Å²) >= 11 is 0. The third-order valence-electron chi connectivity index (χ3n) is 6.80. The largest absolute Gasteiger partial charge is 0.361 e. The Kier molecular flexibility index (Phi) is 4.00. The second-order valence-electron chi connectivity index (χ2n) is 8.66. The Balaban J connectivity index is 1.21. The van der Waals surface area contributed by atoms with Crippen LogP contribution in [0, 0.1) is 11.2 Å². The van der Waals surface area contributed by atoms with Gasteiger partial charge in [-0.2, -0.15) is 0 Å². The van der Waals surface area contributed by atoms with E-state index in [1.54, 1.807) is 12.3 Å². The molecule has 2 aromatic heterocycles. The number of anilines is 1. The molecule has 1 atom stereocenters. The first-order valence-corrected chi connectivity index (χ1v) is 10.6. The lowest BCUT2D eigenvalue weighted by molar-refractivity contribution is -0.135. The molecule has 7 heteroatoms. The molecule has 156 valence electrons. The van der Waals surface area contributed by atoms with Crippen LogP contribution >= 0.6 is 0 Å². The highest BCUT2D eigenvalue weighted by atomic mass is 19.1. The van der Waals surface area contributed by atoms with Crippen LogP contribution < -0.4 is 4.90 Å². The number of hydrogen-bond acceptors (Lipinski definition) is 4. The number of hydrogen-bond donors (Lipinski definition) is 1. The highest BCUT2D eigenvalue weighted by Gasteiger charge is 2.51. The van der Waals surface area contributed by atoms with Gasteiger partial charge in [0.2, 0.25) is 11.9 Å². The summed E-state index contributed by atoms with van der Waals surface area (Å²) in [5, 5.41) is 1.85. The fraction of sp³-hybridized carbons (Fsp3) is 0.292. The number of fused-ring (bicyclic) bond motifs is 2. The number of carbonyl (C=O) groups is 1. The van der Waals surface area contributed by atoms with Gasteiger partial charge < -0.3 is 14.8 Å². The van der Waals surface area contributed by atoms with Crippen LogP contribution in [0.4, 0.5) is 10.3 Å². The van der Waals surface area contributed by atoms with Crippen LogP contribution in [0.25, 0.3) is 21.8 Å². The number of aromatic nitrogens is 3. The third-order valence-corrected chi connectivity index (χ3v) is 6.80. The molecule has 1 amide bonds. The van der Waals surface area contributed by atoms with Gasteiger partial charge in [-0.05, 0) is 42.7 Å². The molecule has 2 aliphatic heterocycles. The van der Waals surface area contributed by atoms with E-state index in [0.29, 0.717) is 29.9 Å². The molecular weight excluding hydrogens is 393 g/mol. The Labute approximate surface area is 178 Å². The average Bonchev–Trinajstić information content (AvgIpc) is 3.48. The number of nitrogens with one attached hydrogen (secondary N) is 1. The molecule has 4 aromatic rings. The Bertz CT molecular complexity index is 1320. The molecule has 31 heavy (non-hydrogen) atoms. The van der Waals surface area contributed by atoms with Gasteiger partial charge in [-0.3, -0.25) is 4.79 Å². The van der Waals surface area contributed by atoms with E-state index in [0.717, 1.165) is 37.0 Å². The van der Waals surface area contributed by atoms with E-state index in [2.05, 4.69) is 32.0 Å². The molecule has 2 aromatic carbocycles. The fourth-order valence-electron chi connectivity index (χ4n) is 5.08. The van der Waals surface area contributed by atoms with Crippen LogP contribution in [0.1, 0.15) is 18.4 Å². The molecule has 4 heterocycles. The number of likely N-dealkylation sites (tertiary alicyclic amines) is 1. The summed E-state index contributed by atoms with van der Waals surface area (Å²) in [6.45, 7) is 2.77. The first-order chi connectivity index (χ1) is 15.1. The summed E-state index contributed by atoms with van der Waals surface area (Å²) < 4.78 is 13.4. The van der Waals surface area contributed by atoms with Gasteiger partial charge in [0.1, 0.15) is 5.82 Å². The standard InChI is InChI=1S/C24H22FN5O/c25-18-5-6-20-16(11-18)12-27-23(28-20)30-10-8-24(15-30)7-9-29(22(24)31)14-17-13-26-21-4-2-1-3-19(17)21/h1-6,11-13,26H,7-10,14-15H2. The van der Waals surface area contributed by atoms with Crippen LogP contribution in [0.15, 0.2) is 54.9 Å². The van der Waals surface area contributed by atoms with Gasteiger partial charge >= 0.3 is 0 Å². The van der Waals surface area contributed by atoms with Crippen LogP contribution in [-0.4, -0.2) is 45.4 Å². The third kappa shape index (κ3) is 2.95. The van der Waals surface area contributed by atoms with Crippen molar-refractivity contribution in [3.8, 4) is 0 Å². The number of amides is 1. The van der Waals surface area contributed by atoms with E-state index < -0.39 is 0 Å². The minimum absolute atomic E-state index is 0.225. The van der Waals surface area contributed by atoms with Crippen molar-refractivity contribution < 1.29 is 9.18 Å². The molecule has 0 aliphatic carbocycles. The summed E-state index contributed by atoms with van der Waals surface area (Å²) in [5.41, 5.74) is 2.60. The van der Waals surface area contributed by atoms with E-state index in [4.69, 9.17) is 0 Å². The van der Waals surface area contributed by atoms with Crippen LogP contribution in [0.3, 0.4) is 0 Å². The predicted octanol–water partition coefficient (Wildman–Crippen LogP) is 3.88. The number of aromatic amines is 1. The van der Waals surface area contributed by atoms with Crippen molar-refractivity contribution in [3.63, 3.8) is 0 Å². The Morgan fingerprint density at radius 3 is 2.94 bits per heavy atom. The zero-order chi connectivity index (χ0) is 21.0. The van der Waals surface area contributed by atoms with E-state index >= 15 is 0 Å². The van der Waals surface area contributed by atoms with Crippen molar-refractivity contribution >= 4 is 33.7 Å². The fourth-order valence-corrected chi connectivity index (χ4v) is 5.08. The molecule has 1 unspecified atom stereocenters. The van der Waals surface area contributed by atoms with Crippen LogP contribution in [0.2, 0.25) is 0 Å². The van der Waals surface area contributed by atoms with Gasteiger partial charge in [0.15, 0.2) is 0 Å². The van der Waals surface area contributed by atoms with Gasteiger partial charge in [0.05, 0.1) is 10.9 Å². The van der Waals surface area contributed by atoms with Gasteiger partial charge in [0.25, 0.3) is 0 Å². The molecule has 6 rings (SSSR count). The van der Waals surface area contributed by atoms with E-state index in [9.17, 15) is 9.18 Å². The molecular formula is C24H22FN5O. The van der Waals surface area contributed by atoms with Crippen molar-refractivity contribution in [2.75, 3.05) is 24.5 Å². The normalized spacial score (nSPS) is 21.3. The quantitative estimate of drug-likeness (QED) is 0.552. The number of H-pyrrole nitrogens is 1. The van der Waals surface area contributed by atoms with E-state index in [-0.39, 0.29) is 17.1 Å². The maximum Gasteiger partial charge on any atom is 0.231 e. The lowest BCUT2D eigenvalue weighted by Gasteiger charge is -2.23. The van der Waals surface area contributed by atoms with Gasteiger partial charge in [-0.15, -0.1) is 0 Å². The van der Waals surface area contributed by atoms with Crippen molar-refractivity contribution in [2.45, 2.75) is 19.4 Å². The van der Waals surface area contributed by atoms with Gasteiger partial charge in [-0.25, -0.2) is 14.4 Å². The summed E-state index contributed by atoms with van der Waals surface area (Å²) in [5.74, 6) is 0.540. The van der Waals surface area contributed by atoms with Gasteiger partial charge in [-0.1, -0.05) is 18.2 Å². The predicted molar refractivity (Wildman–Crippen MR) is 117 cm³/mol. The number of halogens is 1. The summed E-state index contributed by atoms with van der Waals surface area (Å²) in [7, 11) is 0. The zero-order valence-corrected chi connectivity index (χ0v) is 17.0. The molecule has 6 nitrogen and oxygen atoms in total. The Morgan fingerprint density at radius 2 is 2.00 bits per heavy atom. The number of carbonyl (C=O) groups excluding carboxylic acids is 1. The van der Waals surface area contributed by atoms with E-state index in [1.165, 1.54) is 17.5 Å².